The molecule has 13 heavy (non-hydrogen) atoms. The quantitative estimate of drug-likeness (QED) is 0.264. The zero-order valence-corrected chi connectivity index (χ0v) is 12.9. The Labute approximate surface area is 98.9 Å². The van der Waals surface area contributed by atoms with Crippen LogP contribution in [0.1, 0.15) is 13.3 Å². The summed E-state index contributed by atoms with van der Waals surface area (Å²) in [6, 6.07) is 1.48. The molecule has 0 amide bonds. The maximum absolute atomic E-state index is 5.13. The van der Waals surface area contributed by atoms with E-state index in [-0.39, 0.29) is 8.80 Å². The molecule has 0 aliphatic heterocycles. The van der Waals surface area contributed by atoms with Crippen LogP contribution in [0.2, 0.25) is 19.1 Å². The lowest BCUT2D eigenvalue weighted by Crippen LogP contribution is -1.98. The van der Waals surface area contributed by atoms with Crippen LogP contribution in [-0.4, -0.2) is 21.2 Å². The van der Waals surface area contributed by atoms with E-state index in [0.29, 0.717) is 0 Å². The van der Waals surface area contributed by atoms with E-state index in [1.165, 1.54) is 29.3 Å². The monoisotopic (exact) mass is 274 g/mol. The lowest BCUT2D eigenvalue weighted by atomic mass is 10.6. The van der Waals surface area contributed by atoms with Gasteiger partial charge in [-0.05, 0) is 23.2 Å². The summed E-state index contributed by atoms with van der Waals surface area (Å²) in [7, 11) is 5.20. The second-order valence-electron chi connectivity index (χ2n) is 2.97. The second-order valence-corrected chi connectivity index (χ2v) is 12.0. The van der Waals surface area contributed by atoms with Crippen molar-refractivity contribution in [2.75, 3.05) is 12.4 Å². The van der Waals surface area contributed by atoms with E-state index in [9.17, 15) is 0 Å². The molecule has 1 nitrogen and oxygen atoms in total. The molecule has 0 aromatic heterocycles. The highest BCUT2D eigenvalue weighted by atomic mass is 33.7. The summed E-state index contributed by atoms with van der Waals surface area (Å²) in [5, 5.41) is 0. The van der Waals surface area contributed by atoms with Gasteiger partial charge in [0.2, 0.25) is 0 Å². The summed E-state index contributed by atoms with van der Waals surface area (Å²) in [6.45, 7) is 7.63. The fraction of sp³-hybridized carbons (Fsp3) is 1.00. The van der Waals surface area contributed by atoms with E-state index in [1.54, 1.807) is 9.83 Å². The van der Waals surface area contributed by atoms with Crippen LogP contribution in [0.5, 0.6) is 0 Å². The van der Waals surface area contributed by atoms with Crippen molar-refractivity contribution >= 4 is 50.3 Å². The smallest absolute Gasteiger partial charge is 0.0748 e. The van der Waals surface area contributed by atoms with E-state index in [4.69, 9.17) is 4.18 Å². The van der Waals surface area contributed by atoms with Gasteiger partial charge in [-0.15, -0.1) is 0 Å². The molecule has 0 aromatic carbocycles. The van der Waals surface area contributed by atoms with Crippen LogP contribution in [-0.2, 0) is 4.18 Å². The van der Waals surface area contributed by atoms with Crippen molar-refractivity contribution < 1.29 is 4.18 Å². The van der Waals surface area contributed by atoms with Crippen LogP contribution in [0.15, 0.2) is 0 Å². The Morgan fingerprint density at radius 2 is 2.00 bits per heavy atom. The Balaban J connectivity index is 2.84. The fourth-order valence-electron chi connectivity index (χ4n) is 0.683. The SMILES string of the molecule is CCOSSSSCCC[SiH](C)C. The van der Waals surface area contributed by atoms with Gasteiger partial charge in [0.15, 0.2) is 0 Å². The molecule has 0 unspecified atom stereocenters. The highest BCUT2D eigenvalue weighted by molar-refractivity contribution is 9.25. The molecule has 0 fully saturated rings. The van der Waals surface area contributed by atoms with Gasteiger partial charge in [0, 0.05) is 24.4 Å². The van der Waals surface area contributed by atoms with Gasteiger partial charge < -0.3 is 4.18 Å². The molecule has 6 heteroatoms. The summed E-state index contributed by atoms with van der Waals surface area (Å²) in [6.07, 6.45) is 1.39. The zero-order valence-electron chi connectivity index (χ0n) is 8.45. The van der Waals surface area contributed by atoms with Crippen LogP contribution in [0, 0.1) is 0 Å². The first-order valence-electron chi connectivity index (χ1n) is 4.51. The van der Waals surface area contributed by atoms with E-state index in [1.807, 2.05) is 27.5 Å². The molecular weight excluding hydrogens is 256 g/mol. The highest BCUT2D eigenvalue weighted by Gasteiger charge is 1.96. The lowest BCUT2D eigenvalue weighted by molar-refractivity contribution is 0.408. The van der Waals surface area contributed by atoms with Crippen LogP contribution in [0.25, 0.3) is 0 Å². The van der Waals surface area contributed by atoms with Crippen LogP contribution < -0.4 is 0 Å². The number of hydrogen-bond acceptors (Lipinski definition) is 5. The Morgan fingerprint density at radius 3 is 2.62 bits per heavy atom. The van der Waals surface area contributed by atoms with E-state index >= 15 is 0 Å². The van der Waals surface area contributed by atoms with Crippen molar-refractivity contribution in [3.8, 4) is 0 Å². The third-order valence-corrected chi connectivity index (χ3v) is 8.61. The largest absolute Gasteiger partial charge is 0.305 e. The topological polar surface area (TPSA) is 9.23 Å². The number of hydrogen-bond donors (Lipinski definition) is 0. The first-order valence-corrected chi connectivity index (χ1v) is 12.6. The Hall–Kier alpha value is 1.58. The predicted octanol–water partition coefficient (Wildman–Crippen LogP) is 4.49. The van der Waals surface area contributed by atoms with Crippen LogP contribution >= 0.6 is 41.5 Å². The van der Waals surface area contributed by atoms with E-state index < -0.39 is 0 Å². The molecule has 0 N–H and O–H groups in total. The average molecular weight is 275 g/mol. The van der Waals surface area contributed by atoms with Crippen molar-refractivity contribution in [3.05, 3.63) is 0 Å². The summed E-state index contributed by atoms with van der Waals surface area (Å²) in [5.74, 6) is 1.29. The van der Waals surface area contributed by atoms with Gasteiger partial charge in [0.05, 0.1) is 17.7 Å². The molecule has 80 valence electrons. The standard InChI is InChI=1S/C7H18OS4Si/c1-4-8-10-12-11-9-6-5-7-13(2)3/h13H,4-7H2,1-3H3. The third-order valence-electron chi connectivity index (χ3n) is 1.28. The second kappa shape index (κ2) is 11.7. The molecule has 0 heterocycles. The van der Waals surface area contributed by atoms with Gasteiger partial charge in [-0.3, -0.25) is 0 Å². The summed E-state index contributed by atoms with van der Waals surface area (Å²) in [5.41, 5.74) is 0. The molecule has 0 atom stereocenters. The van der Waals surface area contributed by atoms with Crippen molar-refractivity contribution in [1.82, 2.24) is 0 Å². The minimum atomic E-state index is -0.300. The molecular formula is C7H18OS4Si. The fourth-order valence-corrected chi connectivity index (χ4v) is 6.90. The Kier molecular flexibility index (Phi) is 13.1. The Bertz CT molecular complexity index is 104. The summed E-state index contributed by atoms with van der Waals surface area (Å²) in [4.78, 5) is 0. The molecule has 0 aliphatic carbocycles. The first kappa shape index (κ1) is 14.6. The zero-order chi connectivity index (χ0) is 9.94. The summed E-state index contributed by atoms with van der Waals surface area (Å²) >= 11 is 1.49. The van der Waals surface area contributed by atoms with Crippen molar-refractivity contribution in [2.45, 2.75) is 32.5 Å². The Morgan fingerprint density at radius 1 is 1.23 bits per heavy atom. The first-order chi connectivity index (χ1) is 6.27. The van der Waals surface area contributed by atoms with E-state index in [2.05, 4.69) is 13.1 Å². The molecule has 0 saturated carbocycles. The van der Waals surface area contributed by atoms with Gasteiger partial charge in [0.25, 0.3) is 0 Å². The van der Waals surface area contributed by atoms with Gasteiger partial charge in [-0.2, -0.15) is 0 Å². The third kappa shape index (κ3) is 13.6. The highest BCUT2D eigenvalue weighted by Crippen LogP contribution is 2.43. The van der Waals surface area contributed by atoms with Crippen molar-refractivity contribution in [3.63, 3.8) is 0 Å². The molecule has 0 spiro atoms. The minimum absolute atomic E-state index is 0.300. The molecule has 0 bridgehead atoms. The maximum atomic E-state index is 5.13. The van der Waals surface area contributed by atoms with E-state index in [0.717, 1.165) is 6.61 Å². The molecule has 0 aromatic rings. The van der Waals surface area contributed by atoms with Crippen molar-refractivity contribution in [2.24, 2.45) is 0 Å². The minimum Gasteiger partial charge on any atom is -0.305 e. The van der Waals surface area contributed by atoms with Gasteiger partial charge in [-0.1, -0.05) is 29.9 Å². The normalized spacial score (nSPS) is 11.1. The number of rotatable bonds is 9. The van der Waals surface area contributed by atoms with Gasteiger partial charge >= 0.3 is 0 Å². The van der Waals surface area contributed by atoms with Gasteiger partial charge in [0.1, 0.15) is 0 Å². The van der Waals surface area contributed by atoms with Crippen LogP contribution in [0.3, 0.4) is 0 Å². The van der Waals surface area contributed by atoms with Crippen LogP contribution in [0.4, 0.5) is 0 Å². The molecule has 0 radical (unpaired) electrons. The van der Waals surface area contributed by atoms with Crippen molar-refractivity contribution in [1.29, 1.82) is 0 Å². The predicted molar refractivity (Wildman–Crippen MR) is 75.2 cm³/mol. The average Bonchev–Trinajstić information content (AvgIpc) is 2.09. The molecule has 0 saturated heterocycles. The van der Waals surface area contributed by atoms with Gasteiger partial charge in [-0.25, -0.2) is 0 Å². The maximum Gasteiger partial charge on any atom is 0.0748 e. The lowest BCUT2D eigenvalue weighted by Gasteiger charge is -2.01. The molecule has 0 rings (SSSR count). The molecule has 0 aliphatic rings. The summed E-state index contributed by atoms with van der Waals surface area (Å²) < 4.78 is 5.13.